The SMILES string of the molecule is CCNC(=NCC1CCN(c2cccc(OC)c2)C1)NCCn1cnnc1CC.I. The van der Waals surface area contributed by atoms with E-state index in [0.29, 0.717) is 5.92 Å². The number of ether oxygens (including phenoxy) is 1. The van der Waals surface area contributed by atoms with Gasteiger partial charge in [0.15, 0.2) is 5.96 Å². The fourth-order valence-electron chi connectivity index (χ4n) is 3.62. The summed E-state index contributed by atoms with van der Waals surface area (Å²) in [4.78, 5) is 7.24. The number of nitrogens with one attached hydrogen (secondary N) is 2. The zero-order valence-corrected chi connectivity index (χ0v) is 20.5. The normalized spacial score (nSPS) is 16.3. The minimum atomic E-state index is 0. The first-order valence-electron chi connectivity index (χ1n) is 10.5. The van der Waals surface area contributed by atoms with Gasteiger partial charge in [-0.1, -0.05) is 13.0 Å². The average Bonchev–Trinajstić information content (AvgIpc) is 3.41. The Morgan fingerprint density at radius 2 is 2.17 bits per heavy atom. The fraction of sp³-hybridized carbons (Fsp3) is 0.571. The number of aliphatic imine (C=N–C) groups is 1. The van der Waals surface area contributed by atoms with Crippen molar-refractivity contribution in [2.75, 3.05) is 44.7 Å². The molecule has 2 heterocycles. The molecule has 0 aliphatic carbocycles. The molecule has 166 valence electrons. The van der Waals surface area contributed by atoms with Gasteiger partial charge in [0.25, 0.3) is 0 Å². The highest BCUT2D eigenvalue weighted by atomic mass is 127. The molecule has 0 bridgehead atoms. The summed E-state index contributed by atoms with van der Waals surface area (Å²) in [5, 5.41) is 14.9. The number of nitrogens with zero attached hydrogens (tertiary/aromatic N) is 5. The quantitative estimate of drug-likeness (QED) is 0.297. The summed E-state index contributed by atoms with van der Waals surface area (Å²) >= 11 is 0. The van der Waals surface area contributed by atoms with Gasteiger partial charge in [-0.2, -0.15) is 0 Å². The molecule has 8 nitrogen and oxygen atoms in total. The number of methoxy groups -OCH3 is 1. The monoisotopic (exact) mass is 527 g/mol. The van der Waals surface area contributed by atoms with Crippen LogP contribution in [0.2, 0.25) is 0 Å². The number of aryl methyl sites for hydroxylation is 1. The number of aromatic nitrogens is 3. The summed E-state index contributed by atoms with van der Waals surface area (Å²) in [6.07, 6.45) is 3.83. The highest BCUT2D eigenvalue weighted by Gasteiger charge is 2.22. The lowest BCUT2D eigenvalue weighted by Crippen LogP contribution is -2.39. The predicted molar refractivity (Wildman–Crippen MR) is 132 cm³/mol. The summed E-state index contributed by atoms with van der Waals surface area (Å²) in [6, 6.07) is 8.29. The van der Waals surface area contributed by atoms with E-state index < -0.39 is 0 Å². The molecule has 0 saturated carbocycles. The van der Waals surface area contributed by atoms with Gasteiger partial charge in [-0.3, -0.25) is 4.99 Å². The van der Waals surface area contributed by atoms with Crippen LogP contribution in [-0.2, 0) is 13.0 Å². The lowest BCUT2D eigenvalue weighted by atomic mass is 10.1. The van der Waals surface area contributed by atoms with Gasteiger partial charge in [0.05, 0.1) is 7.11 Å². The van der Waals surface area contributed by atoms with Crippen LogP contribution in [0.4, 0.5) is 5.69 Å². The van der Waals surface area contributed by atoms with Gasteiger partial charge in [-0.25, -0.2) is 0 Å². The van der Waals surface area contributed by atoms with Crippen molar-refractivity contribution >= 4 is 35.6 Å². The molecule has 0 spiro atoms. The van der Waals surface area contributed by atoms with Crippen molar-refractivity contribution in [1.82, 2.24) is 25.4 Å². The number of rotatable bonds is 9. The maximum absolute atomic E-state index is 5.35. The number of hydrogen-bond donors (Lipinski definition) is 2. The minimum absolute atomic E-state index is 0. The third kappa shape index (κ3) is 6.75. The summed E-state index contributed by atoms with van der Waals surface area (Å²) in [7, 11) is 1.71. The van der Waals surface area contributed by atoms with Crippen LogP contribution >= 0.6 is 24.0 Å². The average molecular weight is 527 g/mol. The van der Waals surface area contributed by atoms with Gasteiger partial charge in [0.2, 0.25) is 0 Å². The van der Waals surface area contributed by atoms with E-state index in [2.05, 4.69) is 56.3 Å². The number of benzene rings is 1. The molecule has 2 N–H and O–H groups in total. The Kier molecular flexibility index (Phi) is 10.2. The standard InChI is InChI=1S/C21H33N7O.HI/c1-4-20-26-25-16-28(20)12-10-23-21(22-5-2)24-14-17-9-11-27(15-17)18-7-6-8-19(13-18)29-3;/h6-8,13,16-17H,4-5,9-12,14-15H2,1-3H3,(H2,22,23,24);1H. The first-order chi connectivity index (χ1) is 14.2. The van der Waals surface area contributed by atoms with E-state index in [1.54, 1.807) is 13.4 Å². The molecule has 3 rings (SSSR count). The Hall–Kier alpha value is -2.04. The van der Waals surface area contributed by atoms with Gasteiger partial charge in [-0.15, -0.1) is 34.2 Å². The summed E-state index contributed by atoms with van der Waals surface area (Å²) < 4.78 is 7.43. The second kappa shape index (κ2) is 12.6. The maximum atomic E-state index is 5.35. The summed E-state index contributed by atoms with van der Waals surface area (Å²) in [5.74, 6) is 3.35. The van der Waals surface area contributed by atoms with E-state index >= 15 is 0 Å². The van der Waals surface area contributed by atoms with Crippen LogP contribution in [0, 0.1) is 5.92 Å². The van der Waals surface area contributed by atoms with Crippen LogP contribution < -0.4 is 20.3 Å². The highest BCUT2D eigenvalue weighted by Crippen LogP contribution is 2.26. The number of halogens is 1. The van der Waals surface area contributed by atoms with Crippen LogP contribution in [0.15, 0.2) is 35.6 Å². The lowest BCUT2D eigenvalue weighted by Gasteiger charge is -2.19. The van der Waals surface area contributed by atoms with Crippen molar-refractivity contribution in [2.24, 2.45) is 10.9 Å². The lowest BCUT2D eigenvalue weighted by molar-refractivity contribution is 0.415. The Balaban J connectivity index is 0.00000320. The van der Waals surface area contributed by atoms with Crippen molar-refractivity contribution in [3.8, 4) is 5.75 Å². The Morgan fingerprint density at radius 3 is 2.93 bits per heavy atom. The van der Waals surface area contributed by atoms with Gasteiger partial charge >= 0.3 is 0 Å². The van der Waals surface area contributed by atoms with E-state index in [1.807, 2.05) is 12.1 Å². The molecular formula is C21H34IN7O. The highest BCUT2D eigenvalue weighted by molar-refractivity contribution is 14.0. The first kappa shape index (κ1) is 24.2. The van der Waals surface area contributed by atoms with Gasteiger partial charge in [-0.05, 0) is 31.4 Å². The minimum Gasteiger partial charge on any atom is -0.497 e. The number of anilines is 1. The topological polar surface area (TPSA) is 79.6 Å². The first-order valence-corrected chi connectivity index (χ1v) is 10.5. The third-order valence-corrected chi connectivity index (χ3v) is 5.21. The molecule has 1 fully saturated rings. The van der Waals surface area contributed by atoms with Crippen molar-refractivity contribution in [3.05, 3.63) is 36.4 Å². The van der Waals surface area contributed by atoms with Crippen molar-refractivity contribution in [2.45, 2.75) is 33.2 Å². The molecule has 1 unspecified atom stereocenters. The zero-order valence-electron chi connectivity index (χ0n) is 18.2. The van der Waals surface area contributed by atoms with E-state index in [9.17, 15) is 0 Å². The number of hydrogen-bond acceptors (Lipinski definition) is 5. The van der Waals surface area contributed by atoms with Gasteiger partial charge in [0, 0.05) is 57.4 Å². The largest absolute Gasteiger partial charge is 0.497 e. The van der Waals surface area contributed by atoms with Gasteiger partial charge in [0.1, 0.15) is 17.9 Å². The molecule has 30 heavy (non-hydrogen) atoms. The zero-order chi connectivity index (χ0) is 20.5. The van der Waals surface area contributed by atoms with Crippen LogP contribution in [0.1, 0.15) is 26.1 Å². The van der Waals surface area contributed by atoms with E-state index in [1.165, 1.54) is 5.69 Å². The van der Waals surface area contributed by atoms with Gasteiger partial charge < -0.3 is 24.8 Å². The predicted octanol–water partition coefficient (Wildman–Crippen LogP) is 2.55. The van der Waals surface area contributed by atoms with Crippen LogP contribution in [0.25, 0.3) is 0 Å². The molecule has 9 heteroatoms. The molecule has 2 aromatic rings. The summed E-state index contributed by atoms with van der Waals surface area (Å²) in [5.41, 5.74) is 1.22. The van der Waals surface area contributed by atoms with Crippen molar-refractivity contribution in [3.63, 3.8) is 0 Å². The van der Waals surface area contributed by atoms with Crippen molar-refractivity contribution < 1.29 is 4.74 Å². The smallest absolute Gasteiger partial charge is 0.191 e. The molecule has 1 aromatic heterocycles. The molecule has 1 atom stereocenters. The van der Waals surface area contributed by atoms with E-state index in [0.717, 1.165) is 69.6 Å². The van der Waals surface area contributed by atoms with Crippen LogP contribution in [-0.4, -0.2) is 60.6 Å². The molecular weight excluding hydrogens is 493 g/mol. The third-order valence-electron chi connectivity index (χ3n) is 5.21. The maximum Gasteiger partial charge on any atom is 0.191 e. The number of guanidine groups is 1. The second-order valence-electron chi connectivity index (χ2n) is 7.24. The molecule has 1 aromatic carbocycles. The molecule has 1 aliphatic rings. The van der Waals surface area contributed by atoms with Crippen LogP contribution in [0.3, 0.4) is 0 Å². The molecule has 0 radical (unpaired) electrons. The molecule has 0 amide bonds. The molecule has 1 aliphatic heterocycles. The molecule has 1 saturated heterocycles. The van der Waals surface area contributed by atoms with Crippen molar-refractivity contribution in [1.29, 1.82) is 0 Å². The summed E-state index contributed by atoms with van der Waals surface area (Å²) in [6.45, 7) is 9.55. The Morgan fingerprint density at radius 1 is 1.30 bits per heavy atom. The fourth-order valence-corrected chi connectivity index (χ4v) is 3.62. The second-order valence-corrected chi connectivity index (χ2v) is 7.24. The van der Waals surface area contributed by atoms with E-state index in [-0.39, 0.29) is 24.0 Å². The van der Waals surface area contributed by atoms with Crippen LogP contribution in [0.5, 0.6) is 5.75 Å². The van der Waals surface area contributed by atoms with E-state index in [4.69, 9.17) is 9.73 Å². The Bertz CT molecular complexity index is 795. The Labute approximate surface area is 196 Å².